The lowest BCUT2D eigenvalue weighted by Gasteiger charge is -2.30. The lowest BCUT2D eigenvalue weighted by atomic mass is 9.99. The number of rotatable bonds is 4. The summed E-state index contributed by atoms with van der Waals surface area (Å²) < 4.78 is 25.8. The fraction of sp³-hybridized carbons (Fsp3) is 0.533. The normalized spacial score (nSPS) is 16.7. The summed E-state index contributed by atoms with van der Waals surface area (Å²) in [7, 11) is 0. The zero-order chi connectivity index (χ0) is 15.2. The van der Waals surface area contributed by atoms with Gasteiger partial charge in [0.15, 0.2) is 11.6 Å². The Morgan fingerprint density at radius 3 is 2.67 bits per heavy atom. The Morgan fingerprint density at radius 1 is 1.29 bits per heavy atom. The fourth-order valence-electron chi connectivity index (χ4n) is 2.36. The van der Waals surface area contributed by atoms with Crippen LogP contribution >= 0.6 is 0 Å². The molecule has 1 aliphatic heterocycles. The minimum Gasteiger partial charge on any atom is -0.337 e. The van der Waals surface area contributed by atoms with Gasteiger partial charge in [0, 0.05) is 24.8 Å². The second-order valence-corrected chi connectivity index (χ2v) is 5.53. The van der Waals surface area contributed by atoms with E-state index in [0.29, 0.717) is 6.54 Å². The van der Waals surface area contributed by atoms with E-state index in [4.69, 9.17) is 0 Å². The number of piperidine rings is 1. The molecule has 2 amide bonds. The van der Waals surface area contributed by atoms with Crippen molar-refractivity contribution < 1.29 is 13.6 Å². The molecule has 21 heavy (non-hydrogen) atoms. The third-order valence-electron chi connectivity index (χ3n) is 3.77. The number of amides is 2. The monoisotopic (exact) mass is 297 g/mol. The molecule has 0 atom stereocenters. The molecule has 1 aliphatic rings. The molecule has 0 bridgehead atoms. The molecule has 2 rings (SSSR count). The van der Waals surface area contributed by atoms with Gasteiger partial charge >= 0.3 is 6.03 Å². The van der Waals surface area contributed by atoms with Crippen LogP contribution in [0.1, 0.15) is 19.8 Å². The topological polar surface area (TPSA) is 44.4 Å². The van der Waals surface area contributed by atoms with E-state index in [1.165, 1.54) is 18.9 Å². The molecule has 1 heterocycles. The zero-order valence-electron chi connectivity index (χ0n) is 12.2. The predicted octanol–water partition coefficient (Wildman–Crippen LogP) is 2.82. The third kappa shape index (κ3) is 4.97. The van der Waals surface area contributed by atoms with Gasteiger partial charge in [0.2, 0.25) is 0 Å². The SMILES string of the molecule is CC1CCN(CCNC(=O)Nc2ccc(F)c(F)c2)CC1. The van der Waals surface area contributed by atoms with Gasteiger partial charge in [-0.05, 0) is 44.0 Å². The molecule has 0 aromatic heterocycles. The Hall–Kier alpha value is -1.69. The minimum atomic E-state index is -0.977. The van der Waals surface area contributed by atoms with Crippen LogP contribution in [0.5, 0.6) is 0 Å². The molecule has 0 spiro atoms. The van der Waals surface area contributed by atoms with E-state index < -0.39 is 17.7 Å². The average molecular weight is 297 g/mol. The number of anilines is 1. The summed E-state index contributed by atoms with van der Waals surface area (Å²) in [5.74, 6) is -1.12. The Balaban J connectivity index is 1.68. The van der Waals surface area contributed by atoms with Gasteiger partial charge in [0.25, 0.3) is 0 Å². The number of urea groups is 1. The van der Waals surface area contributed by atoms with Crippen molar-refractivity contribution in [2.75, 3.05) is 31.5 Å². The van der Waals surface area contributed by atoms with E-state index in [2.05, 4.69) is 22.5 Å². The van der Waals surface area contributed by atoms with E-state index >= 15 is 0 Å². The largest absolute Gasteiger partial charge is 0.337 e. The number of likely N-dealkylation sites (tertiary alicyclic amines) is 1. The van der Waals surface area contributed by atoms with Gasteiger partial charge in [-0.15, -0.1) is 0 Å². The van der Waals surface area contributed by atoms with Crippen LogP contribution in [0.3, 0.4) is 0 Å². The van der Waals surface area contributed by atoms with E-state index in [1.807, 2.05) is 0 Å². The lowest BCUT2D eigenvalue weighted by molar-refractivity contribution is 0.192. The molecule has 1 aromatic rings. The number of benzene rings is 1. The van der Waals surface area contributed by atoms with Crippen molar-refractivity contribution in [2.24, 2.45) is 5.92 Å². The van der Waals surface area contributed by atoms with Crippen molar-refractivity contribution in [2.45, 2.75) is 19.8 Å². The van der Waals surface area contributed by atoms with Crippen LogP contribution in [0.25, 0.3) is 0 Å². The number of hydrogen-bond donors (Lipinski definition) is 2. The average Bonchev–Trinajstić information content (AvgIpc) is 2.45. The highest BCUT2D eigenvalue weighted by atomic mass is 19.2. The van der Waals surface area contributed by atoms with Gasteiger partial charge in [-0.3, -0.25) is 0 Å². The van der Waals surface area contributed by atoms with Gasteiger partial charge < -0.3 is 15.5 Å². The summed E-state index contributed by atoms with van der Waals surface area (Å²) in [5, 5.41) is 5.20. The summed E-state index contributed by atoms with van der Waals surface area (Å²) in [4.78, 5) is 14.0. The molecule has 2 N–H and O–H groups in total. The van der Waals surface area contributed by atoms with Crippen molar-refractivity contribution in [3.63, 3.8) is 0 Å². The molecule has 1 saturated heterocycles. The molecule has 116 valence electrons. The molecule has 0 radical (unpaired) electrons. The van der Waals surface area contributed by atoms with Crippen molar-refractivity contribution in [3.8, 4) is 0 Å². The number of nitrogens with zero attached hydrogens (tertiary/aromatic N) is 1. The molecular formula is C15H21F2N3O. The molecule has 1 fully saturated rings. The number of carbonyl (C=O) groups excluding carboxylic acids is 1. The Morgan fingerprint density at radius 2 is 2.00 bits per heavy atom. The molecule has 4 nitrogen and oxygen atoms in total. The fourth-order valence-corrected chi connectivity index (χ4v) is 2.36. The number of nitrogens with one attached hydrogen (secondary N) is 2. The Bertz CT molecular complexity index is 488. The standard InChI is InChI=1S/C15H21F2N3O/c1-11-4-7-20(8-5-11)9-6-18-15(21)19-12-2-3-13(16)14(17)10-12/h2-3,10-11H,4-9H2,1H3,(H2,18,19,21). The summed E-state index contributed by atoms with van der Waals surface area (Å²) in [6, 6.07) is 2.86. The second-order valence-electron chi connectivity index (χ2n) is 5.53. The smallest absolute Gasteiger partial charge is 0.319 e. The first-order valence-electron chi connectivity index (χ1n) is 7.27. The van der Waals surface area contributed by atoms with Crippen LogP contribution in [-0.4, -0.2) is 37.1 Å². The van der Waals surface area contributed by atoms with Gasteiger partial charge in [0.05, 0.1) is 0 Å². The van der Waals surface area contributed by atoms with Crippen LogP contribution in [0.4, 0.5) is 19.3 Å². The van der Waals surface area contributed by atoms with Crippen LogP contribution < -0.4 is 10.6 Å². The predicted molar refractivity (Wildman–Crippen MR) is 78.2 cm³/mol. The lowest BCUT2D eigenvalue weighted by Crippen LogP contribution is -2.40. The van der Waals surface area contributed by atoms with Gasteiger partial charge in [-0.25, -0.2) is 13.6 Å². The zero-order valence-corrected chi connectivity index (χ0v) is 12.2. The Kier molecular flexibility index (Phi) is 5.50. The number of hydrogen-bond acceptors (Lipinski definition) is 2. The first-order chi connectivity index (χ1) is 10.0. The van der Waals surface area contributed by atoms with E-state index in [0.717, 1.165) is 37.7 Å². The molecular weight excluding hydrogens is 276 g/mol. The third-order valence-corrected chi connectivity index (χ3v) is 3.77. The van der Waals surface area contributed by atoms with Crippen molar-refractivity contribution in [1.82, 2.24) is 10.2 Å². The number of halogens is 2. The highest BCUT2D eigenvalue weighted by Gasteiger charge is 2.15. The van der Waals surface area contributed by atoms with Gasteiger partial charge in [0.1, 0.15) is 0 Å². The quantitative estimate of drug-likeness (QED) is 0.897. The maximum Gasteiger partial charge on any atom is 0.319 e. The first kappa shape index (κ1) is 15.7. The molecule has 6 heteroatoms. The maximum absolute atomic E-state index is 13.0. The first-order valence-corrected chi connectivity index (χ1v) is 7.27. The second kappa shape index (κ2) is 7.36. The van der Waals surface area contributed by atoms with Crippen LogP contribution in [0, 0.1) is 17.6 Å². The number of carbonyl (C=O) groups is 1. The molecule has 0 saturated carbocycles. The molecule has 0 aliphatic carbocycles. The van der Waals surface area contributed by atoms with Crippen molar-refractivity contribution in [3.05, 3.63) is 29.8 Å². The highest BCUT2D eigenvalue weighted by Crippen LogP contribution is 2.15. The van der Waals surface area contributed by atoms with E-state index in [1.54, 1.807) is 0 Å². The van der Waals surface area contributed by atoms with E-state index in [9.17, 15) is 13.6 Å². The van der Waals surface area contributed by atoms with E-state index in [-0.39, 0.29) is 5.69 Å². The summed E-state index contributed by atoms with van der Waals surface area (Å²) in [6.07, 6.45) is 2.39. The van der Waals surface area contributed by atoms with Crippen LogP contribution in [0.2, 0.25) is 0 Å². The molecule has 1 aromatic carbocycles. The maximum atomic E-state index is 13.0. The highest BCUT2D eigenvalue weighted by molar-refractivity contribution is 5.89. The summed E-state index contributed by atoms with van der Waals surface area (Å²) in [5.41, 5.74) is 0.234. The van der Waals surface area contributed by atoms with Crippen molar-refractivity contribution in [1.29, 1.82) is 0 Å². The van der Waals surface area contributed by atoms with Crippen LogP contribution in [0.15, 0.2) is 18.2 Å². The van der Waals surface area contributed by atoms with Gasteiger partial charge in [-0.1, -0.05) is 6.92 Å². The summed E-state index contributed by atoms with van der Waals surface area (Å²) >= 11 is 0. The minimum absolute atomic E-state index is 0.234. The van der Waals surface area contributed by atoms with Gasteiger partial charge in [-0.2, -0.15) is 0 Å². The Labute approximate surface area is 123 Å². The summed E-state index contributed by atoms with van der Waals surface area (Å²) in [6.45, 7) is 5.72. The molecule has 0 unspecified atom stereocenters. The van der Waals surface area contributed by atoms with Crippen LogP contribution in [-0.2, 0) is 0 Å². The van der Waals surface area contributed by atoms with Crippen molar-refractivity contribution >= 4 is 11.7 Å².